The number of pyridine rings is 1. The van der Waals surface area contributed by atoms with E-state index in [9.17, 15) is 9.18 Å². The van der Waals surface area contributed by atoms with Crippen molar-refractivity contribution < 1.29 is 18.7 Å². The van der Waals surface area contributed by atoms with E-state index >= 15 is 0 Å². The fraction of sp³-hybridized carbons (Fsp3) is 0.625. The van der Waals surface area contributed by atoms with E-state index in [0.717, 1.165) is 55.5 Å². The van der Waals surface area contributed by atoms with Crippen LogP contribution in [0, 0.1) is 5.92 Å². The van der Waals surface area contributed by atoms with Gasteiger partial charge >= 0.3 is 5.97 Å². The Morgan fingerprint density at radius 3 is 2.30 bits per heavy atom. The van der Waals surface area contributed by atoms with Crippen LogP contribution in [0.3, 0.4) is 0 Å². The van der Waals surface area contributed by atoms with Gasteiger partial charge in [-0.05, 0) is 86.8 Å². The minimum Gasteiger partial charge on any atom is -0.493 e. The molecule has 2 aromatic rings. The largest absolute Gasteiger partial charge is 0.493 e. The molecule has 1 heterocycles. The van der Waals surface area contributed by atoms with Gasteiger partial charge in [0, 0.05) is 11.8 Å². The van der Waals surface area contributed by atoms with Crippen molar-refractivity contribution in [1.29, 1.82) is 0 Å². The van der Waals surface area contributed by atoms with Gasteiger partial charge in [0.15, 0.2) is 6.17 Å². The third-order valence-corrected chi connectivity index (χ3v) is 7.42. The van der Waals surface area contributed by atoms with Gasteiger partial charge in [-0.1, -0.05) is 64.9 Å². The lowest BCUT2D eigenvalue weighted by Gasteiger charge is -2.28. The predicted octanol–water partition coefficient (Wildman–Crippen LogP) is 8.66. The summed E-state index contributed by atoms with van der Waals surface area (Å²) in [4.78, 5) is 16.6. The van der Waals surface area contributed by atoms with E-state index in [1.54, 1.807) is 0 Å². The van der Waals surface area contributed by atoms with E-state index in [0.29, 0.717) is 18.9 Å². The maximum atomic E-state index is 13.9. The first-order valence-corrected chi connectivity index (χ1v) is 14.6. The van der Waals surface area contributed by atoms with Gasteiger partial charge in [-0.3, -0.25) is 4.98 Å². The summed E-state index contributed by atoms with van der Waals surface area (Å²) in [7, 11) is 0. The van der Waals surface area contributed by atoms with Crippen LogP contribution in [-0.2, 0) is 16.0 Å². The summed E-state index contributed by atoms with van der Waals surface area (Å²) < 4.78 is 25.3. The molecule has 0 amide bonds. The molecule has 4 nitrogen and oxygen atoms in total. The van der Waals surface area contributed by atoms with Crippen LogP contribution < -0.4 is 4.74 Å². The molecule has 1 aromatic carbocycles. The zero-order chi connectivity index (χ0) is 26.3. The Bertz CT molecular complexity index is 891. The molecule has 1 atom stereocenters. The van der Waals surface area contributed by atoms with Crippen LogP contribution in [0.15, 0.2) is 42.6 Å². The Balaban J connectivity index is 1.35. The van der Waals surface area contributed by atoms with E-state index in [4.69, 9.17) is 9.47 Å². The molecular formula is C32H46FNO3. The highest BCUT2D eigenvalue weighted by Gasteiger charge is 2.27. The fourth-order valence-electron chi connectivity index (χ4n) is 4.94. The zero-order valence-corrected chi connectivity index (χ0v) is 22.9. The number of hydrogen-bond acceptors (Lipinski definition) is 4. The SMILES string of the molecule is CCCCCCCCc1ccc(-c2ccc(OCC3CCC(OC(=O)[C@@H](F)CCCC)CC3)cc2)nc1. The Hall–Kier alpha value is -2.43. The number of esters is 1. The summed E-state index contributed by atoms with van der Waals surface area (Å²) in [5.74, 6) is 0.597. The summed E-state index contributed by atoms with van der Waals surface area (Å²) in [6, 6.07) is 12.5. The smallest absolute Gasteiger partial charge is 0.340 e. The molecule has 1 aromatic heterocycles. The molecule has 1 aliphatic rings. The molecule has 0 unspecified atom stereocenters. The maximum Gasteiger partial charge on any atom is 0.340 e. The summed E-state index contributed by atoms with van der Waals surface area (Å²) in [5, 5.41) is 0. The normalized spacial score (nSPS) is 18.4. The van der Waals surface area contributed by atoms with Crippen LogP contribution in [0.25, 0.3) is 11.3 Å². The monoisotopic (exact) mass is 511 g/mol. The van der Waals surface area contributed by atoms with Gasteiger partial charge in [0.1, 0.15) is 11.9 Å². The van der Waals surface area contributed by atoms with Crippen LogP contribution in [-0.4, -0.2) is 29.8 Å². The number of benzene rings is 1. The second-order valence-corrected chi connectivity index (χ2v) is 10.6. The number of rotatable bonds is 16. The van der Waals surface area contributed by atoms with E-state index < -0.39 is 12.1 Å². The van der Waals surface area contributed by atoms with Crippen LogP contribution >= 0.6 is 0 Å². The van der Waals surface area contributed by atoms with Crippen molar-refractivity contribution in [2.75, 3.05) is 6.61 Å². The van der Waals surface area contributed by atoms with Gasteiger partial charge in [0.05, 0.1) is 12.3 Å². The van der Waals surface area contributed by atoms with E-state index in [1.165, 1.54) is 44.1 Å². The van der Waals surface area contributed by atoms with E-state index in [-0.39, 0.29) is 12.5 Å². The Kier molecular flexibility index (Phi) is 12.9. The standard InChI is InChI=1S/C32H46FNO3/c1-3-5-7-8-9-10-11-25-15-22-31(34-23-25)27-16-20-28(21-17-27)36-24-26-13-18-29(19-14-26)37-32(35)30(33)12-6-4-2/h15-17,20-23,26,29-30H,3-14,18-19,24H2,1-2H3/t26?,29?,30-/m0/s1. The predicted molar refractivity (Wildman–Crippen MR) is 149 cm³/mol. The first kappa shape index (κ1) is 29.1. The lowest BCUT2D eigenvalue weighted by molar-refractivity contribution is -0.157. The lowest BCUT2D eigenvalue weighted by Crippen LogP contribution is -2.30. The van der Waals surface area contributed by atoms with Crippen molar-refractivity contribution in [2.45, 2.75) is 116 Å². The Morgan fingerprint density at radius 1 is 0.919 bits per heavy atom. The fourth-order valence-corrected chi connectivity index (χ4v) is 4.94. The van der Waals surface area contributed by atoms with E-state index in [2.05, 4.69) is 36.2 Å². The van der Waals surface area contributed by atoms with Gasteiger partial charge in [-0.25, -0.2) is 9.18 Å². The minimum atomic E-state index is -1.48. The van der Waals surface area contributed by atoms with Crippen molar-refractivity contribution in [3.05, 3.63) is 48.2 Å². The zero-order valence-electron chi connectivity index (χ0n) is 22.9. The number of carbonyl (C=O) groups is 1. The highest BCUT2D eigenvalue weighted by Crippen LogP contribution is 2.28. The van der Waals surface area contributed by atoms with Crippen molar-refractivity contribution in [1.82, 2.24) is 4.98 Å². The summed E-state index contributed by atoms with van der Waals surface area (Å²) >= 11 is 0. The molecule has 1 fully saturated rings. The van der Waals surface area contributed by atoms with Gasteiger partial charge in [0.25, 0.3) is 0 Å². The van der Waals surface area contributed by atoms with Gasteiger partial charge in [0.2, 0.25) is 0 Å². The molecule has 0 spiro atoms. The molecule has 3 rings (SSSR count). The average molecular weight is 512 g/mol. The number of halogens is 1. The van der Waals surface area contributed by atoms with Gasteiger partial charge < -0.3 is 9.47 Å². The second kappa shape index (κ2) is 16.4. The number of aryl methyl sites for hydroxylation is 1. The number of aromatic nitrogens is 1. The molecule has 0 bridgehead atoms. The minimum absolute atomic E-state index is 0.160. The summed E-state index contributed by atoms with van der Waals surface area (Å²) in [6.07, 6.45) is 14.6. The average Bonchev–Trinajstić information content (AvgIpc) is 2.94. The van der Waals surface area contributed by atoms with Crippen LogP contribution in [0.1, 0.15) is 103 Å². The highest BCUT2D eigenvalue weighted by molar-refractivity contribution is 5.74. The molecule has 0 aliphatic heterocycles. The summed E-state index contributed by atoms with van der Waals surface area (Å²) in [6.45, 7) is 4.89. The second-order valence-electron chi connectivity index (χ2n) is 10.6. The summed E-state index contributed by atoms with van der Waals surface area (Å²) in [5.41, 5.74) is 3.38. The number of unbranched alkanes of at least 4 members (excludes halogenated alkanes) is 6. The van der Waals surface area contributed by atoms with E-state index in [1.807, 2.05) is 25.3 Å². The molecule has 1 aliphatic carbocycles. The van der Waals surface area contributed by atoms with Crippen molar-refractivity contribution in [3.63, 3.8) is 0 Å². The van der Waals surface area contributed by atoms with Crippen LogP contribution in [0.2, 0.25) is 0 Å². The lowest BCUT2D eigenvalue weighted by atomic mass is 9.88. The van der Waals surface area contributed by atoms with Crippen molar-refractivity contribution in [2.24, 2.45) is 5.92 Å². The number of nitrogens with zero attached hydrogens (tertiary/aromatic N) is 1. The number of hydrogen-bond donors (Lipinski definition) is 0. The highest BCUT2D eigenvalue weighted by atomic mass is 19.1. The van der Waals surface area contributed by atoms with Crippen LogP contribution in [0.4, 0.5) is 4.39 Å². The molecule has 0 radical (unpaired) electrons. The van der Waals surface area contributed by atoms with Gasteiger partial charge in [-0.15, -0.1) is 0 Å². The molecular weight excluding hydrogens is 465 g/mol. The molecule has 204 valence electrons. The van der Waals surface area contributed by atoms with Gasteiger partial charge in [-0.2, -0.15) is 0 Å². The molecule has 1 saturated carbocycles. The molecule has 0 N–H and O–H groups in total. The van der Waals surface area contributed by atoms with Crippen molar-refractivity contribution >= 4 is 5.97 Å². The van der Waals surface area contributed by atoms with Crippen LogP contribution in [0.5, 0.6) is 5.75 Å². The maximum absolute atomic E-state index is 13.9. The third-order valence-electron chi connectivity index (χ3n) is 7.42. The first-order valence-electron chi connectivity index (χ1n) is 14.6. The number of alkyl halides is 1. The third kappa shape index (κ3) is 10.5. The quantitative estimate of drug-likeness (QED) is 0.167. The molecule has 37 heavy (non-hydrogen) atoms. The Labute approximate surface area is 223 Å². The molecule has 5 heteroatoms. The number of carbonyl (C=O) groups excluding carboxylic acids is 1. The first-order chi connectivity index (χ1) is 18.1. The van der Waals surface area contributed by atoms with Crippen molar-refractivity contribution in [3.8, 4) is 17.0 Å². The topological polar surface area (TPSA) is 48.4 Å². The Morgan fingerprint density at radius 2 is 1.62 bits per heavy atom. The molecule has 0 saturated heterocycles. The number of ether oxygens (including phenoxy) is 2.